The number of carbonyl (C=O) groups excluding carboxylic acids is 1. The lowest BCUT2D eigenvalue weighted by molar-refractivity contribution is -0.116. The third-order valence-electron chi connectivity index (χ3n) is 4.64. The number of ether oxygens (including phenoxy) is 1. The van der Waals surface area contributed by atoms with E-state index in [1.54, 1.807) is 11.3 Å². The molecule has 1 saturated carbocycles. The third kappa shape index (κ3) is 3.24. The van der Waals surface area contributed by atoms with Gasteiger partial charge in [0.25, 0.3) is 0 Å². The Hall–Kier alpha value is -1.88. The van der Waals surface area contributed by atoms with Crippen molar-refractivity contribution in [2.75, 3.05) is 5.32 Å². The molecule has 1 aromatic heterocycles. The van der Waals surface area contributed by atoms with Crippen LogP contribution in [-0.4, -0.2) is 10.9 Å². The zero-order valence-electron chi connectivity index (χ0n) is 13.0. The zero-order chi connectivity index (χ0) is 15.6. The van der Waals surface area contributed by atoms with Crippen LogP contribution in [0, 0.1) is 0 Å². The molecule has 1 fully saturated rings. The second-order valence-electron chi connectivity index (χ2n) is 6.31. The summed E-state index contributed by atoms with van der Waals surface area (Å²) in [4.78, 5) is 16.2. The number of benzene rings is 1. The summed E-state index contributed by atoms with van der Waals surface area (Å²) >= 11 is 1.76. The first kappa shape index (κ1) is 14.7. The minimum atomic E-state index is 0.0790. The summed E-state index contributed by atoms with van der Waals surface area (Å²) in [7, 11) is 0. The number of anilines is 1. The van der Waals surface area contributed by atoms with E-state index >= 15 is 0 Å². The third-order valence-corrected chi connectivity index (χ3v) is 5.69. The summed E-state index contributed by atoms with van der Waals surface area (Å²) in [6.07, 6.45) is 6.58. The van der Waals surface area contributed by atoms with Crippen molar-refractivity contribution in [2.24, 2.45) is 0 Å². The van der Waals surface area contributed by atoms with Crippen molar-refractivity contribution in [2.45, 2.75) is 51.0 Å². The molecule has 2 aromatic rings. The maximum atomic E-state index is 11.5. The van der Waals surface area contributed by atoms with Crippen molar-refractivity contribution in [3.63, 3.8) is 0 Å². The molecular formula is C18H20N2O2S. The van der Waals surface area contributed by atoms with Gasteiger partial charge in [-0.3, -0.25) is 4.79 Å². The summed E-state index contributed by atoms with van der Waals surface area (Å²) in [5.41, 5.74) is 3.05. The van der Waals surface area contributed by atoms with Gasteiger partial charge in [0.2, 0.25) is 5.91 Å². The second kappa shape index (κ2) is 6.32. The Balaban J connectivity index is 1.41. The van der Waals surface area contributed by atoms with Gasteiger partial charge in [-0.2, -0.15) is 0 Å². The molecule has 23 heavy (non-hydrogen) atoms. The average molecular weight is 328 g/mol. The number of amides is 1. The van der Waals surface area contributed by atoms with Crippen LogP contribution in [0.4, 0.5) is 5.69 Å². The summed E-state index contributed by atoms with van der Waals surface area (Å²) < 4.78 is 5.86. The van der Waals surface area contributed by atoms with E-state index in [-0.39, 0.29) is 5.91 Å². The Morgan fingerprint density at radius 2 is 2.13 bits per heavy atom. The number of aromatic nitrogens is 1. The Bertz CT molecular complexity index is 720. The van der Waals surface area contributed by atoms with Crippen LogP contribution in [0.5, 0.6) is 5.75 Å². The van der Waals surface area contributed by atoms with Crippen molar-refractivity contribution in [3.05, 3.63) is 39.8 Å². The second-order valence-corrected chi connectivity index (χ2v) is 7.20. The number of aryl methyl sites for hydroxylation is 1. The van der Waals surface area contributed by atoms with Gasteiger partial charge in [-0.15, -0.1) is 11.3 Å². The van der Waals surface area contributed by atoms with E-state index in [0.717, 1.165) is 23.6 Å². The molecular weight excluding hydrogens is 308 g/mol. The lowest BCUT2D eigenvalue weighted by atomic mass is 10.0. The molecule has 1 aliphatic heterocycles. The molecule has 120 valence electrons. The van der Waals surface area contributed by atoms with Crippen LogP contribution < -0.4 is 10.1 Å². The van der Waals surface area contributed by atoms with Gasteiger partial charge in [0.15, 0.2) is 0 Å². The topological polar surface area (TPSA) is 51.2 Å². The minimum Gasteiger partial charge on any atom is -0.487 e. The normalized spacial score (nSPS) is 17.8. The first-order valence-corrected chi connectivity index (χ1v) is 9.16. The van der Waals surface area contributed by atoms with E-state index in [1.165, 1.54) is 36.3 Å². The molecule has 4 nitrogen and oxygen atoms in total. The number of rotatable bonds is 4. The standard InChI is InChI=1S/C18H20N2O2S/c21-17-8-6-12-5-7-15(9-16(12)20-17)22-10-14-11-23-18(19-14)13-3-1-2-4-13/h5,7,9,11,13H,1-4,6,8,10H2,(H,20,21). The van der Waals surface area contributed by atoms with Gasteiger partial charge in [0, 0.05) is 29.5 Å². The molecule has 0 spiro atoms. The van der Waals surface area contributed by atoms with Crippen LogP contribution >= 0.6 is 11.3 Å². The first-order chi connectivity index (χ1) is 11.3. The van der Waals surface area contributed by atoms with Crippen molar-refractivity contribution in [1.29, 1.82) is 0 Å². The summed E-state index contributed by atoms with van der Waals surface area (Å²) in [5, 5.41) is 6.27. The van der Waals surface area contributed by atoms with E-state index < -0.39 is 0 Å². The van der Waals surface area contributed by atoms with Gasteiger partial charge < -0.3 is 10.1 Å². The molecule has 0 atom stereocenters. The number of carbonyl (C=O) groups is 1. The fraction of sp³-hybridized carbons (Fsp3) is 0.444. The lowest BCUT2D eigenvalue weighted by Gasteiger charge is -2.17. The monoisotopic (exact) mass is 328 g/mol. The molecule has 0 bridgehead atoms. The predicted octanol–water partition coefficient (Wildman–Crippen LogP) is 4.26. The molecule has 0 radical (unpaired) electrons. The number of thiazole rings is 1. The summed E-state index contributed by atoms with van der Waals surface area (Å²) in [6, 6.07) is 5.92. The number of nitrogens with zero attached hydrogens (tertiary/aromatic N) is 1. The van der Waals surface area contributed by atoms with Gasteiger partial charge in [-0.05, 0) is 30.9 Å². The molecule has 1 N–H and O–H groups in total. The van der Waals surface area contributed by atoms with Gasteiger partial charge in [0.05, 0.1) is 10.7 Å². The van der Waals surface area contributed by atoms with E-state index in [2.05, 4.69) is 10.7 Å². The van der Waals surface area contributed by atoms with Crippen molar-refractivity contribution in [3.8, 4) is 5.75 Å². The van der Waals surface area contributed by atoms with E-state index in [1.807, 2.05) is 18.2 Å². The quantitative estimate of drug-likeness (QED) is 0.912. The minimum absolute atomic E-state index is 0.0790. The molecule has 2 heterocycles. The summed E-state index contributed by atoms with van der Waals surface area (Å²) in [6.45, 7) is 0.482. The Kier molecular flexibility index (Phi) is 4.04. The van der Waals surface area contributed by atoms with E-state index in [0.29, 0.717) is 18.9 Å². The zero-order valence-corrected chi connectivity index (χ0v) is 13.8. The van der Waals surface area contributed by atoms with Crippen LogP contribution in [0.3, 0.4) is 0 Å². The van der Waals surface area contributed by atoms with Crippen LogP contribution in [0.25, 0.3) is 0 Å². The van der Waals surface area contributed by atoms with Gasteiger partial charge in [-0.25, -0.2) is 4.98 Å². The van der Waals surface area contributed by atoms with Crippen molar-refractivity contribution < 1.29 is 9.53 Å². The van der Waals surface area contributed by atoms with E-state index in [4.69, 9.17) is 9.72 Å². The molecule has 5 heteroatoms. The highest BCUT2D eigenvalue weighted by Gasteiger charge is 2.20. The lowest BCUT2D eigenvalue weighted by Crippen LogP contribution is -2.18. The van der Waals surface area contributed by atoms with Crippen molar-refractivity contribution >= 4 is 22.9 Å². The molecule has 2 aliphatic rings. The maximum absolute atomic E-state index is 11.5. The number of fused-ring (bicyclic) bond motifs is 1. The Morgan fingerprint density at radius 3 is 3.00 bits per heavy atom. The number of hydrogen-bond donors (Lipinski definition) is 1. The number of nitrogens with one attached hydrogen (secondary N) is 1. The molecule has 1 aromatic carbocycles. The Labute approximate surface area is 139 Å². The summed E-state index contributed by atoms with van der Waals surface area (Å²) in [5.74, 6) is 1.52. The van der Waals surface area contributed by atoms with Crippen LogP contribution in [0.2, 0.25) is 0 Å². The maximum Gasteiger partial charge on any atom is 0.224 e. The predicted molar refractivity (Wildman–Crippen MR) is 91.0 cm³/mol. The smallest absolute Gasteiger partial charge is 0.224 e. The molecule has 0 saturated heterocycles. The van der Waals surface area contributed by atoms with E-state index in [9.17, 15) is 4.79 Å². The van der Waals surface area contributed by atoms with Crippen molar-refractivity contribution in [1.82, 2.24) is 4.98 Å². The highest BCUT2D eigenvalue weighted by Crippen LogP contribution is 2.35. The van der Waals surface area contributed by atoms with Crippen LogP contribution in [-0.2, 0) is 17.8 Å². The molecule has 0 unspecified atom stereocenters. The average Bonchev–Trinajstić information content (AvgIpc) is 3.23. The SMILES string of the molecule is O=C1CCc2ccc(OCc3csc(C4CCCC4)n3)cc2N1. The largest absolute Gasteiger partial charge is 0.487 e. The van der Waals surface area contributed by atoms with Gasteiger partial charge in [0.1, 0.15) is 12.4 Å². The molecule has 1 aliphatic carbocycles. The first-order valence-electron chi connectivity index (χ1n) is 8.28. The van der Waals surface area contributed by atoms with Gasteiger partial charge in [-0.1, -0.05) is 18.9 Å². The highest BCUT2D eigenvalue weighted by atomic mass is 32.1. The van der Waals surface area contributed by atoms with Crippen LogP contribution in [0.1, 0.15) is 54.3 Å². The molecule has 1 amide bonds. The fourth-order valence-electron chi connectivity index (χ4n) is 3.35. The van der Waals surface area contributed by atoms with Crippen LogP contribution in [0.15, 0.2) is 23.6 Å². The number of hydrogen-bond acceptors (Lipinski definition) is 4. The highest BCUT2D eigenvalue weighted by molar-refractivity contribution is 7.09. The fourth-order valence-corrected chi connectivity index (χ4v) is 4.32. The molecule has 4 rings (SSSR count). The Morgan fingerprint density at radius 1 is 1.26 bits per heavy atom. The van der Waals surface area contributed by atoms with Gasteiger partial charge >= 0.3 is 0 Å².